The Kier molecular flexibility index (Phi) is 3.77. The predicted molar refractivity (Wildman–Crippen MR) is 83.7 cm³/mol. The van der Waals surface area contributed by atoms with Crippen molar-refractivity contribution >= 4 is 28.2 Å². The normalized spacial score (nSPS) is 11.1. The Morgan fingerprint density at radius 1 is 1.17 bits per heavy atom. The van der Waals surface area contributed by atoms with Crippen LogP contribution in [0.4, 0.5) is 0 Å². The smallest absolute Gasteiger partial charge is 0.359 e. The van der Waals surface area contributed by atoms with Crippen molar-refractivity contribution in [2.45, 2.75) is 20.8 Å². The zero-order valence-electron chi connectivity index (χ0n) is 13.2. The van der Waals surface area contributed by atoms with Crippen molar-refractivity contribution < 1.29 is 19.1 Å². The first-order chi connectivity index (χ1) is 11.1. The summed E-state index contributed by atoms with van der Waals surface area (Å²) in [4.78, 5) is 31.3. The molecule has 3 aromatic heterocycles. The van der Waals surface area contributed by atoms with Crippen LogP contribution in [0.15, 0.2) is 18.6 Å². The number of hydrogen-bond acceptors (Lipinski definition) is 5. The van der Waals surface area contributed by atoms with Gasteiger partial charge in [0.05, 0.1) is 18.7 Å². The summed E-state index contributed by atoms with van der Waals surface area (Å²) in [6.45, 7) is 5.94. The number of pyridine rings is 1. The van der Waals surface area contributed by atoms with Crippen molar-refractivity contribution in [1.82, 2.24) is 14.4 Å². The maximum absolute atomic E-state index is 12.1. The van der Waals surface area contributed by atoms with E-state index in [9.17, 15) is 9.59 Å². The van der Waals surface area contributed by atoms with E-state index < -0.39 is 11.9 Å². The number of H-pyrrole nitrogens is 1. The third-order valence-corrected chi connectivity index (χ3v) is 3.62. The van der Waals surface area contributed by atoms with E-state index in [0.717, 1.165) is 11.1 Å². The van der Waals surface area contributed by atoms with Gasteiger partial charge < -0.3 is 18.9 Å². The van der Waals surface area contributed by atoms with Crippen molar-refractivity contribution in [3.05, 3.63) is 35.7 Å². The van der Waals surface area contributed by atoms with E-state index in [4.69, 9.17) is 9.47 Å². The van der Waals surface area contributed by atoms with Gasteiger partial charge >= 0.3 is 11.9 Å². The Balaban J connectivity index is 2.28. The molecular formula is C16H17N3O4. The topological polar surface area (TPSA) is 85.7 Å². The summed E-state index contributed by atoms with van der Waals surface area (Å²) in [5.74, 6) is -0.913. The highest BCUT2D eigenvalue weighted by molar-refractivity contribution is 6.12. The van der Waals surface area contributed by atoms with E-state index >= 15 is 0 Å². The van der Waals surface area contributed by atoms with Gasteiger partial charge in [-0.1, -0.05) is 0 Å². The zero-order chi connectivity index (χ0) is 16.6. The van der Waals surface area contributed by atoms with Crippen LogP contribution in [0.25, 0.3) is 16.3 Å². The second-order valence-corrected chi connectivity index (χ2v) is 5.03. The summed E-state index contributed by atoms with van der Waals surface area (Å²) in [5, 5.41) is 1.42. The number of aryl methyl sites for hydroxylation is 1. The van der Waals surface area contributed by atoms with E-state index in [2.05, 4.69) is 9.97 Å². The Labute approximate surface area is 132 Å². The quantitative estimate of drug-likeness (QED) is 0.748. The first-order valence-electron chi connectivity index (χ1n) is 7.40. The number of carbonyl (C=O) groups excluding carboxylic acids is 2. The Morgan fingerprint density at radius 2 is 1.87 bits per heavy atom. The number of aromatic nitrogens is 3. The van der Waals surface area contributed by atoms with Crippen LogP contribution in [0.3, 0.4) is 0 Å². The van der Waals surface area contributed by atoms with E-state index in [1.165, 1.54) is 0 Å². The molecule has 0 saturated heterocycles. The molecule has 120 valence electrons. The van der Waals surface area contributed by atoms with Crippen molar-refractivity contribution in [2.24, 2.45) is 0 Å². The highest BCUT2D eigenvalue weighted by atomic mass is 16.5. The van der Waals surface area contributed by atoms with Crippen molar-refractivity contribution in [1.29, 1.82) is 0 Å². The molecule has 0 aliphatic heterocycles. The number of carbonyl (C=O) groups is 2. The molecule has 7 nitrogen and oxygen atoms in total. The Morgan fingerprint density at radius 3 is 2.57 bits per heavy atom. The van der Waals surface area contributed by atoms with Gasteiger partial charge in [-0.3, -0.25) is 0 Å². The second-order valence-electron chi connectivity index (χ2n) is 5.03. The largest absolute Gasteiger partial charge is 0.461 e. The average Bonchev–Trinajstić information content (AvgIpc) is 3.11. The second kappa shape index (κ2) is 5.75. The molecule has 0 saturated carbocycles. The Hall–Kier alpha value is -2.83. The number of fused-ring (bicyclic) bond motifs is 3. The molecule has 3 rings (SSSR count). The molecule has 0 aliphatic rings. The highest BCUT2D eigenvalue weighted by Crippen LogP contribution is 2.28. The minimum Gasteiger partial charge on any atom is -0.461 e. The number of imidazole rings is 1. The molecule has 3 aromatic rings. The van der Waals surface area contributed by atoms with Crippen LogP contribution in [0.2, 0.25) is 0 Å². The fourth-order valence-electron chi connectivity index (χ4n) is 2.65. The maximum Gasteiger partial charge on any atom is 0.359 e. The molecule has 0 unspecified atom stereocenters. The lowest BCUT2D eigenvalue weighted by Crippen LogP contribution is -2.07. The van der Waals surface area contributed by atoms with Crippen LogP contribution >= 0.6 is 0 Å². The van der Waals surface area contributed by atoms with Gasteiger partial charge in [-0.25, -0.2) is 14.6 Å². The minimum atomic E-state index is -0.485. The number of esters is 2. The maximum atomic E-state index is 12.1. The van der Waals surface area contributed by atoms with Crippen molar-refractivity contribution in [3.63, 3.8) is 0 Å². The van der Waals surface area contributed by atoms with Gasteiger partial charge in [-0.05, 0) is 26.8 Å². The molecule has 0 amide bonds. The molecule has 7 heteroatoms. The first-order valence-corrected chi connectivity index (χ1v) is 7.40. The molecule has 0 aliphatic carbocycles. The van der Waals surface area contributed by atoms with Crippen molar-refractivity contribution in [3.8, 4) is 0 Å². The fraction of sp³-hybridized carbons (Fsp3) is 0.312. The van der Waals surface area contributed by atoms with Gasteiger partial charge in [0.15, 0.2) is 5.69 Å². The molecule has 0 aromatic carbocycles. The van der Waals surface area contributed by atoms with Gasteiger partial charge in [0.25, 0.3) is 0 Å². The van der Waals surface area contributed by atoms with Crippen LogP contribution in [0.5, 0.6) is 0 Å². The van der Waals surface area contributed by atoms with Gasteiger partial charge in [0, 0.05) is 22.7 Å². The molecule has 1 N–H and O–H groups in total. The molecule has 23 heavy (non-hydrogen) atoms. The summed E-state index contributed by atoms with van der Waals surface area (Å²) >= 11 is 0. The van der Waals surface area contributed by atoms with Gasteiger partial charge in [0.2, 0.25) is 0 Å². The molecule has 0 spiro atoms. The molecule has 3 heterocycles. The third kappa shape index (κ3) is 2.34. The average molecular weight is 315 g/mol. The summed E-state index contributed by atoms with van der Waals surface area (Å²) in [6.07, 6.45) is 3.26. The highest BCUT2D eigenvalue weighted by Gasteiger charge is 2.22. The fourth-order valence-corrected chi connectivity index (χ4v) is 2.65. The summed E-state index contributed by atoms with van der Waals surface area (Å²) in [7, 11) is 0. The molecule has 0 atom stereocenters. The number of hydrogen-bond donors (Lipinski definition) is 1. The van der Waals surface area contributed by atoms with Crippen LogP contribution in [0, 0.1) is 6.92 Å². The number of aromatic amines is 1. The molecule has 0 bridgehead atoms. The first kappa shape index (κ1) is 15.1. The van der Waals surface area contributed by atoms with E-state index in [1.807, 2.05) is 13.0 Å². The number of nitrogens with one attached hydrogen (secondary N) is 1. The SMILES string of the molecule is CCOC(=O)c1[nH]cc2c1cc(C)n1cnc(C(=O)OCC)c21. The van der Waals surface area contributed by atoms with E-state index in [0.29, 0.717) is 23.2 Å². The van der Waals surface area contributed by atoms with Crippen LogP contribution in [-0.2, 0) is 9.47 Å². The molecule has 0 radical (unpaired) electrons. The summed E-state index contributed by atoms with van der Waals surface area (Å²) in [6, 6.07) is 1.86. The number of ether oxygens (including phenoxy) is 2. The molecular weight excluding hydrogens is 298 g/mol. The van der Waals surface area contributed by atoms with Gasteiger partial charge in [-0.2, -0.15) is 0 Å². The van der Waals surface area contributed by atoms with Gasteiger partial charge in [0.1, 0.15) is 12.0 Å². The third-order valence-electron chi connectivity index (χ3n) is 3.62. The zero-order valence-corrected chi connectivity index (χ0v) is 13.2. The lowest BCUT2D eigenvalue weighted by molar-refractivity contribution is 0.0513. The number of nitrogens with zero attached hydrogens (tertiary/aromatic N) is 2. The van der Waals surface area contributed by atoms with E-state index in [-0.39, 0.29) is 12.3 Å². The molecule has 0 fully saturated rings. The monoisotopic (exact) mass is 315 g/mol. The standard InChI is InChI=1S/C16H17N3O4/c1-4-22-15(20)12-10-6-9(3)19-8-18-13(16(21)23-5-2)14(19)11(10)7-17-12/h6-8,17H,4-5H2,1-3H3. The number of rotatable bonds is 4. The Bertz CT molecular complexity index is 907. The lowest BCUT2D eigenvalue weighted by Gasteiger charge is -2.05. The summed E-state index contributed by atoms with van der Waals surface area (Å²) < 4.78 is 11.9. The minimum absolute atomic E-state index is 0.231. The lowest BCUT2D eigenvalue weighted by atomic mass is 10.1. The van der Waals surface area contributed by atoms with E-state index in [1.54, 1.807) is 30.8 Å². The van der Waals surface area contributed by atoms with Crippen LogP contribution in [-0.4, -0.2) is 39.5 Å². The van der Waals surface area contributed by atoms with Crippen molar-refractivity contribution in [2.75, 3.05) is 13.2 Å². The summed E-state index contributed by atoms with van der Waals surface area (Å²) in [5.41, 5.74) is 2.06. The van der Waals surface area contributed by atoms with Crippen LogP contribution in [0.1, 0.15) is 40.5 Å². The van der Waals surface area contributed by atoms with Gasteiger partial charge in [-0.15, -0.1) is 0 Å². The van der Waals surface area contributed by atoms with Crippen LogP contribution < -0.4 is 0 Å². The predicted octanol–water partition coefficient (Wildman–Crippen LogP) is 2.48.